The molecular weight excluding hydrogens is 492 g/mol. The van der Waals surface area contributed by atoms with E-state index in [1.807, 2.05) is 0 Å². The van der Waals surface area contributed by atoms with Crippen molar-refractivity contribution in [3.8, 4) is 0 Å². The molecule has 0 aliphatic carbocycles. The Kier molecular flexibility index (Phi) is 7.90. The molecular formula is C23H23ClN6O6. The largest absolute Gasteiger partial charge is 0.464 e. The molecule has 0 aliphatic rings. The summed E-state index contributed by atoms with van der Waals surface area (Å²) in [5, 5.41) is 30.5. The second-order valence-corrected chi connectivity index (χ2v) is 8.85. The molecule has 4 N–H and O–H groups in total. The predicted molar refractivity (Wildman–Crippen MR) is 131 cm³/mol. The summed E-state index contributed by atoms with van der Waals surface area (Å²) in [6.07, 6.45) is -2.04. The summed E-state index contributed by atoms with van der Waals surface area (Å²) in [6.45, 7) is 5.47. The van der Waals surface area contributed by atoms with Crippen molar-refractivity contribution < 1.29 is 28.9 Å². The fourth-order valence-corrected chi connectivity index (χ4v) is 3.11. The molecule has 0 atom stereocenters. The lowest BCUT2D eigenvalue weighted by Gasteiger charge is -2.19. The number of carbonyl (C=O) groups is 3. The van der Waals surface area contributed by atoms with Gasteiger partial charge in [-0.3, -0.25) is 10.2 Å². The lowest BCUT2D eigenvalue weighted by atomic mass is 10.1. The Hall–Kier alpha value is -4.45. The fourth-order valence-electron chi connectivity index (χ4n) is 2.92. The van der Waals surface area contributed by atoms with Crippen LogP contribution >= 0.6 is 11.6 Å². The number of nitrogens with one attached hydrogen (secondary N) is 3. The molecule has 1 heterocycles. The van der Waals surface area contributed by atoms with Gasteiger partial charge in [0.2, 0.25) is 5.82 Å². The van der Waals surface area contributed by atoms with E-state index in [0.717, 1.165) is 5.56 Å². The van der Waals surface area contributed by atoms with E-state index in [-0.39, 0.29) is 34.3 Å². The first-order valence-electron chi connectivity index (χ1n) is 10.5. The highest BCUT2D eigenvalue weighted by Gasteiger charge is 2.28. The van der Waals surface area contributed by atoms with Crippen LogP contribution in [0.3, 0.4) is 0 Å². The van der Waals surface area contributed by atoms with Crippen LogP contribution in [0.15, 0.2) is 53.2 Å². The molecule has 36 heavy (non-hydrogen) atoms. The molecule has 12 nitrogen and oxygen atoms in total. The minimum absolute atomic E-state index is 0.0934. The van der Waals surface area contributed by atoms with Gasteiger partial charge < -0.3 is 20.5 Å². The molecule has 3 amide bonds. The maximum absolute atomic E-state index is 12.7. The summed E-state index contributed by atoms with van der Waals surface area (Å²) >= 11 is 5.94. The summed E-state index contributed by atoms with van der Waals surface area (Å²) in [5.41, 5.74) is 0.134. The number of benzene rings is 2. The van der Waals surface area contributed by atoms with Gasteiger partial charge in [-0.05, 0) is 67.0 Å². The van der Waals surface area contributed by atoms with Crippen molar-refractivity contribution in [2.75, 3.05) is 10.2 Å². The Morgan fingerprint density at radius 2 is 1.83 bits per heavy atom. The average molecular weight is 515 g/mol. The summed E-state index contributed by atoms with van der Waals surface area (Å²) < 4.78 is 9.82. The van der Waals surface area contributed by atoms with Gasteiger partial charge in [0.1, 0.15) is 5.60 Å². The number of amidine groups is 1. The minimum atomic E-state index is -1.47. The van der Waals surface area contributed by atoms with Crippen LogP contribution < -0.4 is 15.5 Å². The Balaban J connectivity index is 1.69. The van der Waals surface area contributed by atoms with Gasteiger partial charge in [-0.1, -0.05) is 29.8 Å². The number of alkyl carbamates (subject to hydrolysis) is 1. The lowest BCUT2D eigenvalue weighted by molar-refractivity contribution is 0.0523. The maximum Gasteiger partial charge on any atom is 0.417 e. The van der Waals surface area contributed by atoms with E-state index in [2.05, 4.69) is 25.6 Å². The van der Waals surface area contributed by atoms with Crippen molar-refractivity contribution in [1.82, 2.24) is 15.6 Å². The van der Waals surface area contributed by atoms with E-state index in [9.17, 15) is 19.5 Å². The third kappa shape index (κ3) is 6.79. The number of aromatic nitrogens is 2. The van der Waals surface area contributed by atoms with E-state index in [1.165, 1.54) is 30.3 Å². The third-order valence-corrected chi connectivity index (χ3v) is 4.71. The molecule has 0 saturated heterocycles. The smallest absolute Gasteiger partial charge is 0.417 e. The number of ether oxygens (including phenoxy) is 1. The van der Waals surface area contributed by atoms with Gasteiger partial charge in [0.25, 0.3) is 5.91 Å². The van der Waals surface area contributed by atoms with Crippen LogP contribution in [0.25, 0.3) is 0 Å². The van der Waals surface area contributed by atoms with E-state index >= 15 is 0 Å². The quantitative estimate of drug-likeness (QED) is 0.275. The van der Waals surface area contributed by atoms with Crippen LogP contribution in [0.2, 0.25) is 5.02 Å². The Morgan fingerprint density at radius 3 is 2.44 bits per heavy atom. The van der Waals surface area contributed by atoms with E-state index in [0.29, 0.717) is 4.90 Å². The first-order chi connectivity index (χ1) is 16.9. The fraction of sp³-hybridized carbons (Fsp3) is 0.217. The van der Waals surface area contributed by atoms with Crippen molar-refractivity contribution in [1.29, 1.82) is 5.41 Å². The molecule has 0 aliphatic heterocycles. The molecule has 3 aromatic rings. The number of hydrogen-bond donors (Lipinski definition) is 4. The van der Waals surface area contributed by atoms with Gasteiger partial charge in [-0.2, -0.15) is 0 Å². The molecule has 0 unspecified atom stereocenters. The summed E-state index contributed by atoms with van der Waals surface area (Å²) in [6, 6.07) is 12.2. The number of hydrogen-bond acceptors (Lipinski definition) is 8. The zero-order chi connectivity index (χ0) is 26.5. The number of carboxylic acid groups (broad SMARTS) is 1. The van der Waals surface area contributed by atoms with Gasteiger partial charge >= 0.3 is 12.2 Å². The second-order valence-electron chi connectivity index (χ2n) is 8.41. The highest BCUT2D eigenvalue weighted by atomic mass is 35.5. The summed E-state index contributed by atoms with van der Waals surface area (Å²) in [4.78, 5) is 37.0. The SMILES string of the molecule is CC(C)(C)OC(=O)NCc1ccc(C(=O)Nc2nonc2C(=N)N(C(=O)O)c2cccc(Cl)c2)cc1. The summed E-state index contributed by atoms with van der Waals surface area (Å²) in [7, 11) is 0. The standard InChI is InChI=1S/C23H23ClN6O6/c1-23(2,3)35-21(32)26-12-13-7-9-14(10-8-13)20(31)27-19-17(28-36-29-19)18(25)30(22(33)34)16-6-4-5-15(24)11-16/h4-11,25H,12H2,1-3H3,(H,26,32)(H,33,34)(H,27,29,31). The molecule has 0 saturated carbocycles. The monoisotopic (exact) mass is 514 g/mol. The van der Waals surface area contributed by atoms with Gasteiger partial charge in [0.15, 0.2) is 11.5 Å². The molecule has 0 radical (unpaired) electrons. The molecule has 13 heteroatoms. The van der Waals surface area contributed by atoms with Gasteiger partial charge in [0.05, 0.1) is 5.69 Å². The number of halogens is 1. The van der Waals surface area contributed by atoms with Gasteiger partial charge in [-0.25, -0.2) is 19.1 Å². The van der Waals surface area contributed by atoms with Crippen LogP contribution in [0, 0.1) is 5.41 Å². The molecule has 2 aromatic carbocycles. The van der Waals surface area contributed by atoms with Crippen LogP contribution in [0.1, 0.15) is 42.4 Å². The first-order valence-corrected chi connectivity index (χ1v) is 10.9. The predicted octanol–water partition coefficient (Wildman–Crippen LogP) is 4.51. The maximum atomic E-state index is 12.7. The van der Waals surface area contributed by atoms with Crippen molar-refractivity contribution in [2.24, 2.45) is 0 Å². The van der Waals surface area contributed by atoms with Crippen LogP contribution in [0.5, 0.6) is 0 Å². The van der Waals surface area contributed by atoms with Crippen LogP contribution in [-0.4, -0.2) is 45.0 Å². The molecule has 0 fully saturated rings. The molecule has 0 bridgehead atoms. The number of nitrogens with zero attached hydrogens (tertiary/aromatic N) is 3. The lowest BCUT2D eigenvalue weighted by Crippen LogP contribution is -2.36. The second kappa shape index (κ2) is 10.9. The zero-order valence-electron chi connectivity index (χ0n) is 19.5. The van der Waals surface area contributed by atoms with Crippen LogP contribution in [0.4, 0.5) is 21.1 Å². The number of anilines is 2. The number of carbonyl (C=O) groups excluding carboxylic acids is 2. The van der Waals surface area contributed by atoms with Crippen molar-refractivity contribution in [2.45, 2.75) is 32.9 Å². The van der Waals surface area contributed by atoms with E-state index in [1.54, 1.807) is 39.0 Å². The Bertz CT molecular complexity index is 1280. The highest BCUT2D eigenvalue weighted by molar-refractivity contribution is 6.31. The van der Waals surface area contributed by atoms with E-state index in [4.69, 9.17) is 21.7 Å². The molecule has 1 aromatic heterocycles. The minimum Gasteiger partial charge on any atom is -0.464 e. The van der Waals surface area contributed by atoms with Crippen molar-refractivity contribution >= 4 is 47.0 Å². The van der Waals surface area contributed by atoms with E-state index < -0.39 is 29.5 Å². The molecule has 3 rings (SSSR count). The van der Waals surface area contributed by atoms with Gasteiger partial charge in [-0.15, -0.1) is 0 Å². The zero-order valence-corrected chi connectivity index (χ0v) is 20.3. The Labute approximate surface area is 210 Å². The van der Waals surface area contributed by atoms with Crippen molar-refractivity contribution in [3.05, 3.63) is 70.4 Å². The van der Waals surface area contributed by atoms with Crippen molar-refractivity contribution in [3.63, 3.8) is 0 Å². The normalized spacial score (nSPS) is 10.9. The average Bonchev–Trinajstić information content (AvgIpc) is 3.25. The summed E-state index contributed by atoms with van der Waals surface area (Å²) in [5.74, 6) is -1.45. The molecule has 188 valence electrons. The number of amides is 3. The molecule has 0 spiro atoms. The third-order valence-electron chi connectivity index (χ3n) is 4.48. The number of rotatable bonds is 6. The topological polar surface area (TPSA) is 171 Å². The first kappa shape index (κ1) is 26.2. The van der Waals surface area contributed by atoms with Gasteiger partial charge in [0, 0.05) is 17.1 Å². The highest BCUT2D eigenvalue weighted by Crippen LogP contribution is 2.23. The van der Waals surface area contributed by atoms with Crippen LogP contribution in [-0.2, 0) is 11.3 Å². The Morgan fingerprint density at radius 1 is 1.14 bits per heavy atom.